The Morgan fingerprint density at radius 2 is 1.92 bits per heavy atom. The van der Waals surface area contributed by atoms with Crippen molar-refractivity contribution >= 4 is 11.8 Å². The van der Waals surface area contributed by atoms with E-state index in [1.807, 2.05) is 35.2 Å². The number of carbonyl (C=O) groups excluding carboxylic acids is 2. The Hall–Kier alpha value is -2.10. The lowest BCUT2D eigenvalue weighted by Gasteiger charge is -2.44. The zero-order valence-corrected chi connectivity index (χ0v) is 14.5. The van der Waals surface area contributed by atoms with Crippen molar-refractivity contribution in [2.75, 3.05) is 13.1 Å². The standard InChI is InChI=1S/C20H26N2O2/c1-4-17(23)22-13-10-16(19(2,3)14-22)21-18(24)20(11-12-20)15-8-6-5-7-9-15/h4-9,16H,1,10-14H2,2-3H3,(H,21,24). The largest absolute Gasteiger partial charge is 0.352 e. The van der Waals surface area contributed by atoms with E-state index in [0.717, 1.165) is 24.8 Å². The fourth-order valence-corrected chi connectivity index (χ4v) is 3.77. The first-order valence-corrected chi connectivity index (χ1v) is 8.67. The van der Waals surface area contributed by atoms with Gasteiger partial charge in [-0.25, -0.2) is 0 Å². The number of hydrogen-bond donors (Lipinski definition) is 1. The molecule has 1 N–H and O–H groups in total. The van der Waals surface area contributed by atoms with Crippen LogP contribution in [0.2, 0.25) is 0 Å². The third-order valence-corrected chi connectivity index (χ3v) is 5.53. The summed E-state index contributed by atoms with van der Waals surface area (Å²) < 4.78 is 0. The Balaban J connectivity index is 1.69. The van der Waals surface area contributed by atoms with Gasteiger partial charge in [0.05, 0.1) is 5.41 Å². The third-order valence-electron chi connectivity index (χ3n) is 5.53. The summed E-state index contributed by atoms with van der Waals surface area (Å²) in [5.41, 5.74) is 0.615. The highest BCUT2D eigenvalue weighted by Crippen LogP contribution is 2.48. The van der Waals surface area contributed by atoms with E-state index in [-0.39, 0.29) is 28.7 Å². The van der Waals surface area contributed by atoms with Gasteiger partial charge < -0.3 is 10.2 Å². The molecule has 1 saturated carbocycles. The topological polar surface area (TPSA) is 49.4 Å². The zero-order chi connectivity index (χ0) is 17.4. The second-order valence-corrected chi connectivity index (χ2v) is 7.72. The molecule has 1 aliphatic carbocycles. The highest BCUT2D eigenvalue weighted by atomic mass is 16.2. The number of carbonyl (C=O) groups is 2. The molecule has 2 fully saturated rings. The molecule has 1 aromatic rings. The van der Waals surface area contributed by atoms with Gasteiger partial charge >= 0.3 is 0 Å². The molecule has 1 aliphatic heterocycles. The van der Waals surface area contributed by atoms with Crippen molar-refractivity contribution in [1.82, 2.24) is 10.2 Å². The van der Waals surface area contributed by atoms with Crippen molar-refractivity contribution in [2.45, 2.75) is 44.6 Å². The van der Waals surface area contributed by atoms with Crippen LogP contribution in [0.1, 0.15) is 38.7 Å². The summed E-state index contributed by atoms with van der Waals surface area (Å²) in [7, 11) is 0. The molecule has 1 atom stereocenters. The van der Waals surface area contributed by atoms with Gasteiger partial charge in [0.1, 0.15) is 0 Å². The molecule has 3 rings (SSSR count). The number of nitrogens with zero attached hydrogens (tertiary/aromatic N) is 1. The van der Waals surface area contributed by atoms with E-state index in [1.54, 1.807) is 0 Å². The molecule has 0 spiro atoms. The summed E-state index contributed by atoms with van der Waals surface area (Å²) in [5.74, 6) is 0.103. The zero-order valence-electron chi connectivity index (χ0n) is 14.5. The van der Waals surface area contributed by atoms with Gasteiger partial charge in [-0.15, -0.1) is 0 Å². The molecule has 0 bridgehead atoms. The predicted molar refractivity (Wildman–Crippen MR) is 94.5 cm³/mol. The van der Waals surface area contributed by atoms with Crippen LogP contribution in [-0.4, -0.2) is 35.8 Å². The van der Waals surface area contributed by atoms with Gasteiger partial charge in [0, 0.05) is 24.5 Å². The average Bonchev–Trinajstić information content (AvgIpc) is 3.38. The van der Waals surface area contributed by atoms with E-state index >= 15 is 0 Å². The maximum absolute atomic E-state index is 12.9. The van der Waals surface area contributed by atoms with E-state index in [2.05, 4.69) is 25.7 Å². The molecule has 0 radical (unpaired) electrons. The molecule has 128 valence electrons. The minimum Gasteiger partial charge on any atom is -0.352 e. The second kappa shape index (κ2) is 6.08. The van der Waals surface area contributed by atoms with Gasteiger partial charge in [0.2, 0.25) is 11.8 Å². The van der Waals surface area contributed by atoms with E-state index in [0.29, 0.717) is 13.1 Å². The van der Waals surface area contributed by atoms with Crippen LogP contribution in [-0.2, 0) is 15.0 Å². The van der Waals surface area contributed by atoms with Crippen molar-refractivity contribution in [3.63, 3.8) is 0 Å². The molecule has 0 aromatic heterocycles. The Morgan fingerprint density at radius 1 is 1.25 bits per heavy atom. The molecule has 2 amide bonds. The number of rotatable bonds is 4. The monoisotopic (exact) mass is 326 g/mol. The Bertz CT molecular complexity index is 647. The molecule has 24 heavy (non-hydrogen) atoms. The van der Waals surface area contributed by atoms with Crippen molar-refractivity contribution < 1.29 is 9.59 Å². The van der Waals surface area contributed by atoms with Crippen LogP contribution in [0.25, 0.3) is 0 Å². The number of benzene rings is 1. The van der Waals surface area contributed by atoms with Crippen LogP contribution in [0.5, 0.6) is 0 Å². The number of amides is 2. The molecule has 4 nitrogen and oxygen atoms in total. The van der Waals surface area contributed by atoms with Crippen LogP contribution in [0, 0.1) is 5.41 Å². The summed E-state index contributed by atoms with van der Waals surface area (Å²) in [6.07, 6.45) is 3.97. The lowest BCUT2D eigenvalue weighted by molar-refractivity contribution is -0.131. The van der Waals surface area contributed by atoms with Crippen LogP contribution in [0.3, 0.4) is 0 Å². The van der Waals surface area contributed by atoms with Gasteiger partial charge in [0.15, 0.2) is 0 Å². The maximum atomic E-state index is 12.9. The Labute approximate surface area is 143 Å². The second-order valence-electron chi connectivity index (χ2n) is 7.72. The highest BCUT2D eigenvalue weighted by molar-refractivity contribution is 5.91. The predicted octanol–water partition coefficient (Wildman–Crippen LogP) is 2.65. The van der Waals surface area contributed by atoms with E-state index in [1.165, 1.54) is 6.08 Å². The molecule has 1 saturated heterocycles. The Kier molecular flexibility index (Phi) is 4.24. The first kappa shape index (κ1) is 16.7. The smallest absolute Gasteiger partial charge is 0.245 e. The summed E-state index contributed by atoms with van der Waals surface area (Å²) in [5, 5.41) is 3.29. The van der Waals surface area contributed by atoms with Gasteiger partial charge in [-0.2, -0.15) is 0 Å². The lowest BCUT2D eigenvalue weighted by Crippen LogP contribution is -2.57. The third kappa shape index (κ3) is 2.97. The van der Waals surface area contributed by atoms with E-state index < -0.39 is 0 Å². The summed E-state index contributed by atoms with van der Waals surface area (Å²) in [6, 6.07) is 10.1. The van der Waals surface area contributed by atoms with Crippen molar-refractivity contribution in [2.24, 2.45) is 5.41 Å². The van der Waals surface area contributed by atoms with Crippen molar-refractivity contribution in [3.8, 4) is 0 Å². The van der Waals surface area contributed by atoms with Crippen molar-refractivity contribution in [3.05, 3.63) is 48.6 Å². The number of likely N-dealkylation sites (tertiary alicyclic amines) is 1. The Morgan fingerprint density at radius 3 is 2.46 bits per heavy atom. The lowest BCUT2D eigenvalue weighted by atomic mass is 9.78. The molecule has 4 heteroatoms. The fraction of sp³-hybridized carbons (Fsp3) is 0.500. The first-order chi connectivity index (χ1) is 11.4. The molecule has 1 unspecified atom stereocenters. The average molecular weight is 326 g/mol. The molecule has 1 heterocycles. The van der Waals surface area contributed by atoms with Gasteiger partial charge in [-0.05, 0) is 30.9 Å². The maximum Gasteiger partial charge on any atom is 0.245 e. The van der Waals surface area contributed by atoms with Crippen LogP contribution in [0.4, 0.5) is 0 Å². The summed E-state index contributed by atoms with van der Waals surface area (Å²) >= 11 is 0. The minimum atomic E-state index is -0.342. The van der Waals surface area contributed by atoms with Crippen molar-refractivity contribution in [1.29, 1.82) is 0 Å². The molecule has 1 aromatic carbocycles. The van der Waals surface area contributed by atoms with Crippen LogP contribution >= 0.6 is 0 Å². The molecular formula is C20H26N2O2. The van der Waals surface area contributed by atoms with Gasteiger partial charge in [-0.1, -0.05) is 50.8 Å². The summed E-state index contributed by atoms with van der Waals surface area (Å²) in [4.78, 5) is 26.6. The number of hydrogen-bond acceptors (Lipinski definition) is 2. The minimum absolute atomic E-state index is 0.0317. The van der Waals surface area contributed by atoms with Gasteiger partial charge in [-0.3, -0.25) is 9.59 Å². The SMILES string of the molecule is C=CC(=O)N1CCC(NC(=O)C2(c3ccccc3)CC2)C(C)(C)C1. The van der Waals surface area contributed by atoms with E-state index in [4.69, 9.17) is 0 Å². The van der Waals surface area contributed by atoms with Crippen LogP contribution in [0.15, 0.2) is 43.0 Å². The normalized spacial score (nSPS) is 24.1. The molecular weight excluding hydrogens is 300 g/mol. The first-order valence-electron chi connectivity index (χ1n) is 8.67. The van der Waals surface area contributed by atoms with Crippen LogP contribution < -0.4 is 5.32 Å². The summed E-state index contributed by atoms with van der Waals surface area (Å²) in [6.45, 7) is 9.10. The number of nitrogens with one attached hydrogen (secondary N) is 1. The fourth-order valence-electron chi connectivity index (χ4n) is 3.77. The van der Waals surface area contributed by atoms with E-state index in [9.17, 15) is 9.59 Å². The quantitative estimate of drug-likeness (QED) is 0.865. The number of piperidine rings is 1. The highest BCUT2D eigenvalue weighted by Gasteiger charge is 2.52. The van der Waals surface area contributed by atoms with Gasteiger partial charge in [0.25, 0.3) is 0 Å². The molecule has 2 aliphatic rings.